The van der Waals surface area contributed by atoms with Gasteiger partial charge in [-0.3, -0.25) is 9.59 Å². The Kier molecular flexibility index (Phi) is 5.47. The van der Waals surface area contributed by atoms with Crippen LogP contribution in [-0.4, -0.2) is 39.3 Å². The van der Waals surface area contributed by atoms with Crippen molar-refractivity contribution >= 4 is 29.1 Å². The second kappa shape index (κ2) is 8.09. The molecule has 2 aromatic carbocycles. The molecular formula is C21H18ClFN4O4. The van der Waals surface area contributed by atoms with Crippen molar-refractivity contribution in [2.75, 3.05) is 11.4 Å². The standard InChI is InChI=1S/C21H18ClFN4O4/c1-12-25-26-18(31-12)14-3-2-4-17(9-14)27-6-5-21(30,20(27)29)19(28)24-11-13-7-15(22)10-16(23)8-13/h2-4,7-10,30H,5-6,11H2,1H3,(H,24,28). The number of carbonyl (C=O) groups is 2. The molecule has 4 rings (SSSR count). The molecular weight excluding hydrogens is 427 g/mol. The summed E-state index contributed by atoms with van der Waals surface area (Å²) < 4.78 is 18.9. The summed E-state index contributed by atoms with van der Waals surface area (Å²) in [4.78, 5) is 26.9. The summed E-state index contributed by atoms with van der Waals surface area (Å²) in [7, 11) is 0. The van der Waals surface area contributed by atoms with Gasteiger partial charge in [0.25, 0.3) is 11.8 Å². The number of anilines is 1. The van der Waals surface area contributed by atoms with Crippen molar-refractivity contribution in [1.29, 1.82) is 0 Å². The first-order chi connectivity index (χ1) is 14.8. The third kappa shape index (κ3) is 4.14. The molecule has 1 aromatic heterocycles. The van der Waals surface area contributed by atoms with Crippen molar-refractivity contribution < 1.29 is 23.5 Å². The highest BCUT2D eigenvalue weighted by molar-refractivity contribution is 6.30. The minimum absolute atomic E-state index is 0.0854. The molecule has 8 nitrogen and oxygen atoms in total. The molecule has 1 saturated heterocycles. The molecule has 0 aliphatic carbocycles. The van der Waals surface area contributed by atoms with Crippen LogP contribution in [-0.2, 0) is 16.1 Å². The lowest BCUT2D eigenvalue weighted by molar-refractivity contribution is -0.149. The molecule has 10 heteroatoms. The van der Waals surface area contributed by atoms with Crippen molar-refractivity contribution in [1.82, 2.24) is 15.5 Å². The van der Waals surface area contributed by atoms with Crippen LogP contribution in [0.3, 0.4) is 0 Å². The predicted octanol–water partition coefficient (Wildman–Crippen LogP) is 2.62. The first-order valence-electron chi connectivity index (χ1n) is 9.44. The lowest BCUT2D eigenvalue weighted by atomic mass is 10.0. The number of amides is 2. The predicted molar refractivity (Wildman–Crippen MR) is 110 cm³/mol. The number of halogens is 2. The van der Waals surface area contributed by atoms with Crippen molar-refractivity contribution in [3.63, 3.8) is 0 Å². The second-order valence-corrected chi connectivity index (χ2v) is 7.64. The van der Waals surface area contributed by atoms with Crippen LogP contribution in [0.25, 0.3) is 11.5 Å². The van der Waals surface area contributed by atoms with E-state index in [1.54, 1.807) is 31.2 Å². The minimum Gasteiger partial charge on any atom is -0.421 e. The summed E-state index contributed by atoms with van der Waals surface area (Å²) >= 11 is 5.81. The van der Waals surface area contributed by atoms with E-state index < -0.39 is 23.2 Å². The average molecular weight is 445 g/mol. The van der Waals surface area contributed by atoms with Gasteiger partial charge in [-0.15, -0.1) is 10.2 Å². The van der Waals surface area contributed by atoms with Crippen LogP contribution in [0.2, 0.25) is 5.02 Å². The molecule has 160 valence electrons. The van der Waals surface area contributed by atoms with Gasteiger partial charge in [0.2, 0.25) is 17.4 Å². The molecule has 1 unspecified atom stereocenters. The molecule has 1 fully saturated rings. The Balaban J connectivity index is 1.49. The maximum atomic E-state index is 13.5. The average Bonchev–Trinajstić information content (AvgIpc) is 3.30. The van der Waals surface area contributed by atoms with E-state index in [1.165, 1.54) is 17.0 Å². The van der Waals surface area contributed by atoms with E-state index in [0.717, 1.165) is 6.07 Å². The lowest BCUT2D eigenvalue weighted by Gasteiger charge is -2.22. The Morgan fingerprint density at radius 2 is 2.13 bits per heavy atom. The molecule has 2 amide bonds. The molecule has 31 heavy (non-hydrogen) atoms. The van der Waals surface area contributed by atoms with E-state index >= 15 is 0 Å². The number of benzene rings is 2. The maximum absolute atomic E-state index is 13.5. The van der Waals surface area contributed by atoms with Gasteiger partial charge < -0.3 is 19.7 Å². The summed E-state index contributed by atoms with van der Waals surface area (Å²) in [5.41, 5.74) is -0.728. The van der Waals surface area contributed by atoms with Crippen molar-refractivity contribution in [3.05, 3.63) is 64.8 Å². The lowest BCUT2D eigenvalue weighted by Crippen LogP contribution is -2.52. The van der Waals surface area contributed by atoms with Gasteiger partial charge >= 0.3 is 0 Å². The SMILES string of the molecule is Cc1nnc(-c2cccc(N3CCC(O)(C(=O)NCc4cc(F)cc(Cl)c4)C3=O)c2)o1. The zero-order valence-electron chi connectivity index (χ0n) is 16.4. The van der Waals surface area contributed by atoms with Crippen molar-refractivity contribution in [3.8, 4) is 11.5 Å². The third-order valence-electron chi connectivity index (χ3n) is 4.98. The van der Waals surface area contributed by atoms with Crippen LogP contribution in [0.1, 0.15) is 17.9 Å². The normalized spacial score (nSPS) is 18.5. The largest absolute Gasteiger partial charge is 0.421 e. The van der Waals surface area contributed by atoms with Crippen LogP contribution in [0, 0.1) is 12.7 Å². The van der Waals surface area contributed by atoms with Gasteiger partial charge in [0.1, 0.15) is 5.82 Å². The van der Waals surface area contributed by atoms with Gasteiger partial charge in [-0.1, -0.05) is 17.7 Å². The monoisotopic (exact) mass is 444 g/mol. The number of hydrogen-bond acceptors (Lipinski definition) is 6. The second-order valence-electron chi connectivity index (χ2n) is 7.20. The van der Waals surface area contributed by atoms with E-state index in [0.29, 0.717) is 28.6 Å². The Hall–Kier alpha value is -3.30. The highest BCUT2D eigenvalue weighted by Gasteiger charge is 2.51. The summed E-state index contributed by atoms with van der Waals surface area (Å²) in [6.07, 6.45) is -0.0918. The van der Waals surface area contributed by atoms with Crippen LogP contribution < -0.4 is 10.2 Å². The topological polar surface area (TPSA) is 109 Å². The summed E-state index contributed by atoms with van der Waals surface area (Å²) in [5, 5.41) is 21.2. The molecule has 1 aliphatic rings. The summed E-state index contributed by atoms with van der Waals surface area (Å²) in [6.45, 7) is 1.72. The van der Waals surface area contributed by atoms with E-state index in [1.807, 2.05) is 0 Å². The first kappa shape index (κ1) is 21.0. The Morgan fingerprint density at radius 3 is 2.84 bits per heavy atom. The van der Waals surface area contributed by atoms with Crippen molar-refractivity contribution in [2.45, 2.75) is 25.5 Å². The zero-order chi connectivity index (χ0) is 22.2. The Morgan fingerprint density at radius 1 is 1.32 bits per heavy atom. The number of hydrogen-bond donors (Lipinski definition) is 2. The summed E-state index contributed by atoms with van der Waals surface area (Å²) in [5.74, 6) is -1.45. The van der Waals surface area contributed by atoms with Gasteiger partial charge in [0.05, 0.1) is 0 Å². The van der Waals surface area contributed by atoms with Crippen LogP contribution in [0.15, 0.2) is 46.9 Å². The highest BCUT2D eigenvalue weighted by Crippen LogP contribution is 2.31. The Labute approximate surface area is 181 Å². The molecule has 2 heterocycles. The van der Waals surface area contributed by atoms with Gasteiger partial charge in [-0.05, 0) is 42.0 Å². The number of nitrogens with one attached hydrogen (secondary N) is 1. The number of rotatable bonds is 5. The van der Waals surface area contributed by atoms with Crippen LogP contribution in [0.5, 0.6) is 0 Å². The number of nitrogens with zero attached hydrogens (tertiary/aromatic N) is 3. The summed E-state index contributed by atoms with van der Waals surface area (Å²) in [6, 6.07) is 10.7. The molecule has 2 N–H and O–H groups in total. The molecule has 3 aromatic rings. The fourth-order valence-electron chi connectivity index (χ4n) is 3.42. The van der Waals surface area contributed by atoms with Gasteiger partial charge in [-0.2, -0.15) is 0 Å². The van der Waals surface area contributed by atoms with Gasteiger partial charge in [-0.25, -0.2) is 4.39 Å². The molecule has 0 spiro atoms. The molecule has 0 radical (unpaired) electrons. The first-order valence-corrected chi connectivity index (χ1v) is 9.82. The smallest absolute Gasteiger partial charge is 0.268 e. The van der Waals surface area contributed by atoms with E-state index in [9.17, 15) is 19.1 Å². The van der Waals surface area contributed by atoms with E-state index in [-0.39, 0.29) is 24.5 Å². The van der Waals surface area contributed by atoms with Crippen LogP contribution >= 0.6 is 11.6 Å². The number of aryl methyl sites for hydroxylation is 1. The van der Waals surface area contributed by atoms with E-state index in [2.05, 4.69) is 15.5 Å². The van der Waals surface area contributed by atoms with E-state index in [4.69, 9.17) is 16.0 Å². The fourth-order valence-corrected chi connectivity index (χ4v) is 3.67. The zero-order valence-corrected chi connectivity index (χ0v) is 17.2. The van der Waals surface area contributed by atoms with Gasteiger partial charge in [0.15, 0.2) is 0 Å². The molecule has 1 aliphatic heterocycles. The molecule has 0 saturated carbocycles. The number of aromatic nitrogens is 2. The number of carbonyl (C=O) groups excluding carboxylic acids is 2. The number of aliphatic hydroxyl groups is 1. The van der Waals surface area contributed by atoms with Gasteiger partial charge in [0, 0.05) is 42.7 Å². The highest BCUT2D eigenvalue weighted by atomic mass is 35.5. The molecule has 0 bridgehead atoms. The maximum Gasteiger partial charge on any atom is 0.268 e. The quantitative estimate of drug-likeness (QED) is 0.585. The van der Waals surface area contributed by atoms with Crippen LogP contribution in [0.4, 0.5) is 10.1 Å². The fraction of sp³-hybridized carbons (Fsp3) is 0.238. The molecule has 1 atom stereocenters. The van der Waals surface area contributed by atoms with Crippen molar-refractivity contribution in [2.24, 2.45) is 0 Å². The third-order valence-corrected chi connectivity index (χ3v) is 5.20. The minimum atomic E-state index is -2.23. The Bertz CT molecular complexity index is 1150.